The average Bonchev–Trinajstić information content (AvgIpc) is 2.33. The maximum Gasteiger partial charge on any atom is 0.507 e. The molecule has 16 heavy (non-hydrogen) atoms. The minimum atomic E-state index is -0.605. The Morgan fingerprint density at radius 3 is 1.31 bits per heavy atom. The van der Waals surface area contributed by atoms with E-state index in [1.165, 1.54) is 14.2 Å². The molecule has 0 atom stereocenters. The summed E-state index contributed by atoms with van der Waals surface area (Å²) in [6.07, 6.45) is 0.447. The standard InChI is InChI=1S/2C5H10O3/c2*1-3-4-8-5(6)7-2/h2*3-4H2,1-2H3. The first-order valence-corrected chi connectivity index (χ1v) is 5.03. The zero-order chi connectivity index (χ0) is 12.8. The summed E-state index contributed by atoms with van der Waals surface area (Å²) in [5.41, 5.74) is 0. The summed E-state index contributed by atoms with van der Waals surface area (Å²) >= 11 is 0. The van der Waals surface area contributed by atoms with Crippen molar-refractivity contribution in [1.29, 1.82) is 0 Å². The molecule has 0 saturated heterocycles. The molecule has 6 heteroatoms. The van der Waals surface area contributed by atoms with Gasteiger partial charge in [-0.2, -0.15) is 0 Å². The Morgan fingerprint density at radius 1 is 0.812 bits per heavy atom. The molecular weight excluding hydrogens is 216 g/mol. The summed E-state index contributed by atoms with van der Waals surface area (Å²) in [4.78, 5) is 20.3. The zero-order valence-electron chi connectivity index (χ0n) is 10.3. The van der Waals surface area contributed by atoms with E-state index in [1.54, 1.807) is 0 Å². The van der Waals surface area contributed by atoms with Gasteiger partial charge in [-0.1, -0.05) is 13.8 Å². The minimum absolute atomic E-state index is 0.437. The van der Waals surface area contributed by atoms with Gasteiger partial charge in [0.05, 0.1) is 27.4 Å². The lowest BCUT2D eigenvalue weighted by molar-refractivity contribution is 0.0719. The van der Waals surface area contributed by atoms with Gasteiger partial charge in [-0.15, -0.1) is 0 Å². The van der Waals surface area contributed by atoms with E-state index < -0.39 is 12.3 Å². The van der Waals surface area contributed by atoms with E-state index in [0.29, 0.717) is 13.2 Å². The molecule has 0 bridgehead atoms. The average molecular weight is 236 g/mol. The van der Waals surface area contributed by atoms with E-state index >= 15 is 0 Å². The molecule has 0 spiro atoms. The highest BCUT2D eigenvalue weighted by Gasteiger charge is 1.95. The Kier molecular flexibility index (Phi) is 14.3. The molecule has 6 nitrogen and oxygen atoms in total. The number of ether oxygens (including phenoxy) is 4. The smallest absolute Gasteiger partial charge is 0.438 e. The van der Waals surface area contributed by atoms with Gasteiger partial charge in [-0.25, -0.2) is 9.59 Å². The van der Waals surface area contributed by atoms with E-state index in [2.05, 4.69) is 18.9 Å². The lowest BCUT2D eigenvalue weighted by atomic mass is 10.5. The molecule has 0 aliphatic carbocycles. The van der Waals surface area contributed by atoms with Crippen molar-refractivity contribution in [1.82, 2.24) is 0 Å². The van der Waals surface area contributed by atoms with Crippen LogP contribution in [0.2, 0.25) is 0 Å². The van der Waals surface area contributed by atoms with Crippen molar-refractivity contribution >= 4 is 12.3 Å². The number of methoxy groups -OCH3 is 2. The molecule has 0 rings (SSSR count). The molecule has 0 aromatic rings. The summed E-state index contributed by atoms with van der Waals surface area (Å²) in [6, 6.07) is 0. The van der Waals surface area contributed by atoms with Crippen molar-refractivity contribution in [2.45, 2.75) is 26.7 Å². The molecular formula is C10H20O6. The van der Waals surface area contributed by atoms with E-state index in [9.17, 15) is 9.59 Å². The first-order valence-electron chi connectivity index (χ1n) is 5.03. The SMILES string of the molecule is CCCOC(=O)OC.CCCOC(=O)OC. The molecule has 0 aliphatic heterocycles. The number of rotatable bonds is 4. The van der Waals surface area contributed by atoms with Crippen molar-refractivity contribution in [3.63, 3.8) is 0 Å². The Balaban J connectivity index is 0. The van der Waals surface area contributed by atoms with Crippen molar-refractivity contribution < 1.29 is 28.5 Å². The number of hydrogen-bond donors (Lipinski definition) is 0. The maximum absolute atomic E-state index is 10.1. The van der Waals surface area contributed by atoms with Gasteiger partial charge >= 0.3 is 12.3 Å². The van der Waals surface area contributed by atoms with Gasteiger partial charge in [0.15, 0.2) is 0 Å². The van der Waals surface area contributed by atoms with Crippen LogP contribution in [0, 0.1) is 0 Å². The zero-order valence-corrected chi connectivity index (χ0v) is 10.3. The van der Waals surface area contributed by atoms with Crippen molar-refractivity contribution in [3.05, 3.63) is 0 Å². The van der Waals surface area contributed by atoms with Gasteiger partial charge in [0.1, 0.15) is 0 Å². The highest BCUT2D eigenvalue weighted by Crippen LogP contribution is 1.84. The predicted molar refractivity (Wildman–Crippen MR) is 57.3 cm³/mol. The van der Waals surface area contributed by atoms with Crippen LogP contribution in [0.3, 0.4) is 0 Å². The van der Waals surface area contributed by atoms with Crippen LogP contribution in [0.5, 0.6) is 0 Å². The summed E-state index contributed by atoms with van der Waals surface area (Å²) in [6.45, 7) is 4.71. The third kappa shape index (κ3) is 15.0. The maximum atomic E-state index is 10.1. The summed E-state index contributed by atoms with van der Waals surface area (Å²) in [5, 5.41) is 0. The summed E-state index contributed by atoms with van der Waals surface area (Å²) < 4.78 is 17.3. The highest BCUT2D eigenvalue weighted by molar-refractivity contribution is 5.59. The van der Waals surface area contributed by atoms with Crippen LogP contribution in [0.25, 0.3) is 0 Å². The number of carbonyl (C=O) groups excluding carboxylic acids is 2. The topological polar surface area (TPSA) is 71.1 Å². The van der Waals surface area contributed by atoms with E-state index in [-0.39, 0.29) is 0 Å². The Hall–Kier alpha value is -1.46. The summed E-state index contributed by atoms with van der Waals surface area (Å²) in [5.74, 6) is 0. The molecule has 0 aromatic carbocycles. The fraction of sp³-hybridized carbons (Fsp3) is 0.800. The predicted octanol–water partition coefficient (Wildman–Crippen LogP) is 2.36. The van der Waals surface area contributed by atoms with Gasteiger partial charge in [-0.3, -0.25) is 0 Å². The second kappa shape index (κ2) is 13.5. The van der Waals surface area contributed by atoms with Crippen LogP contribution >= 0.6 is 0 Å². The van der Waals surface area contributed by atoms with Crippen molar-refractivity contribution in [2.75, 3.05) is 27.4 Å². The largest absolute Gasteiger partial charge is 0.507 e. The normalized spacial score (nSPS) is 8.25. The molecule has 0 saturated carbocycles. The minimum Gasteiger partial charge on any atom is -0.438 e. The number of carbonyl (C=O) groups is 2. The van der Waals surface area contributed by atoms with Crippen molar-refractivity contribution in [3.8, 4) is 0 Å². The lowest BCUT2D eigenvalue weighted by Crippen LogP contribution is -2.03. The third-order valence-electron chi connectivity index (χ3n) is 1.18. The molecule has 0 N–H and O–H groups in total. The molecule has 96 valence electrons. The third-order valence-corrected chi connectivity index (χ3v) is 1.18. The first kappa shape index (κ1) is 17.0. The van der Waals surface area contributed by atoms with E-state index in [0.717, 1.165) is 12.8 Å². The fourth-order valence-electron chi connectivity index (χ4n) is 0.489. The monoisotopic (exact) mass is 236 g/mol. The van der Waals surface area contributed by atoms with Crippen LogP contribution < -0.4 is 0 Å². The highest BCUT2D eigenvalue weighted by atomic mass is 16.7. The molecule has 0 heterocycles. The first-order chi connectivity index (χ1) is 7.62. The number of hydrogen-bond acceptors (Lipinski definition) is 6. The fourth-order valence-corrected chi connectivity index (χ4v) is 0.489. The second-order valence-electron chi connectivity index (χ2n) is 2.61. The second-order valence-corrected chi connectivity index (χ2v) is 2.61. The molecule has 0 unspecified atom stereocenters. The van der Waals surface area contributed by atoms with E-state index in [4.69, 9.17) is 0 Å². The molecule has 0 amide bonds. The molecule has 0 radical (unpaired) electrons. The lowest BCUT2D eigenvalue weighted by Gasteiger charge is -1.97. The molecule has 0 aliphatic rings. The Morgan fingerprint density at radius 2 is 1.12 bits per heavy atom. The Bertz CT molecular complexity index is 160. The Labute approximate surface area is 95.8 Å². The van der Waals surface area contributed by atoms with Crippen LogP contribution in [0.1, 0.15) is 26.7 Å². The van der Waals surface area contributed by atoms with Gasteiger partial charge in [0, 0.05) is 0 Å². The van der Waals surface area contributed by atoms with Gasteiger partial charge in [0.2, 0.25) is 0 Å². The van der Waals surface area contributed by atoms with Gasteiger partial charge in [-0.05, 0) is 12.8 Å². The van der Waals surface area contributed by atoms with Crippen molar-refractivity contribution in [2.24, 2.45) is 0 Å². The van der Waals surface area contributed by atoms with Gasteiger partial charge in [0.25, 0.3) is 0 Å². The summed E-state index contributed by atoms with van der Waals surface area (Å²) in [7, 11) is 2.58. The van der Waals surface area contributed by atoms with E-state index in [1.807, 2.05) is 13.8 Å². The van der Waals surface area contributed by atoms with Gasteiger partial charge < -0.3 is 18.9 Å². The van der Waals surface area contributed by atoms with Crippen LogP contribution in [-0.4, -0.2) is 39.7 Å². The van der Waals surface area contributed by atoms with Crippen LogP contribution in [0.4, 0.5) is 9.59 Å². The quantitative estimate of drug-likeness (QED) is 0.698. The van der Waals surface area contributed by atoms with Crippen LogP contribution in [0.15, 0.2) is 0 Å². The van der Waals surface area contributed by atoms with Crippen LogP contribution in [-0.2, 0) is 18.9 Å². The molecule has 0 aromatic heterocycles. The molecule has 0 fully saturated rings.